The molecule has 0 fully saturated rings. The molecule has 0 radical (unpaired) electrons. The maximum absolute atomic E-state index is 13.2. The van der Waals surface area contributed by atoms with Crippen LogP contribution in [-0.2, 0) is 6.18 Å². The van der Waals surface area contributed by atoms with E-state index in [1.165, 1.54) is 0 Å². The van der Waals surface area contributed by atoms with Gasteiger partial charge in [0.1, 0.15) is 5.82 Å². The molecule has 0 unspecified atom stereocenters. The third-order valence-corrected chi connectivity index (χ3v) is 2.02. The van der Waals surface area contributed by atoms with Crippen molar-refractivity contribution in [3.05, 3.63) is 35.1 Å². The molecule has 0 aliphatic carbocycles. The standard InChI is InChI=1S/C12H11F4N/c1-17-7-3-2-4-9-8-10(12(14,15)16)5-6-11(9)13/h5-6,8,17H,3,7H2,1H3. The molecule has 0 heterocycles. The summed E-state index contributed by atoms with van der Waals surface area (Å²) in [5.41, 5.74) is -1.12. The van der Waals surface area contributed by atoms with Crippen LogP contribution < -0.4 is 5.32 Å². The monoisotopic (exact) mass is 245 g/mol. The van der Waals surface area contributed by atoms with Crippen molar-refractivity contribution < 1.29 is 17.6 Å². The summed E-state index contributed by atoms with van der Waals surface area (Å²) in [6, 6.07) is 2.21. The summed E-state index contributed by atoms with van der Waals surface area (Å²) in [7, 11) is 1.73. The van der Waals surface area contributed by atoms with E-state index in [0.717, 1.165) is 12.1 Å². The van der Waals surface area contributed by atoms with Crippen molar-refractivity contribution in [2.24, 2.45) is 0 Å². The largest absolute Gasteiger partial charge is 0.416 e. The van der Waals surface area contributed by atoms with Gasteiger partial charge in [-0.05, 0) is 25.2 Å². The minimum absolute atomic E-state index is 0.226. The SMILES string of the molecule is CNCCC#Cc1cc(C(F)(F)F)ccc1F. The van der Waals surface area contributed by atoms with Crippen LogP contribution in [0.3, 0.4) is 0 Å². The van der Waals surface area contributed by atoms with E-state index in [4.69, 9.17) is 0 Å². The van der Waals surface area contributed by atoms with Gasteiger partial charge in [0.15, 0.2) is 0 Å². The van der Waals surface area contributed by atoms with Gasteiger partial charge in [0.2, 0.25) is 0 Å². The fraction of sp³-hybridized carbons (Fsp3) is 0.333. The van der Waals surface area contributed by atoms with Gasteiger partial charge in [-0.1, -0.05) is 11.8 Å². The predicted molar refractivity (Wildman–Crippen MR) is 56.8 cm³/mol. The highest BCUT2D eigenvalue weighted by Crippen LogP contribution is 2.30. The minimum atomic E-state index is -4.48. The number of rotatable bonds is 2. The van der Waals surface area contributed by atoms with Crippen LogP contribution in [0, 0.1) is 17.7 Å². The third kappa shape index (κ3) is 4.08. The molecule has 0 saturated heterocycles. The maximum atomic E-state index is 13.2. The van der Waals surface area contributed by atoms with E-state index in [9.17, 15) is 17.6 Å². The summed E-state index contributed by atoms with van der Waals surface area (Å²) in [4.78, 5) is 0. The number of alkyl halides is 3. The molecular weight excluding hydrogens is 234 g/mol. The van der Waals surface area contributed by atoms with E-state index < -0.39 is 17.6 Å². The van der Waals surface area contributed by atoms with Crippen molar-refractivity contribution in [1.82, 2.24) is 5.32 Å². The molecule has 92 valence electrons. The quantitative estimate of drug-likeness (QED) is 0.480. The van der Waals surface area contributed by atoms with Crippen LogP contribution in [0.5, 0.6) is 0 Å². The maximum Gasteiger partial charge on any atom is 0.416 e. The molecule has 0 bridgehead atoms. The smallest absolute Gasteiger partial charge is 0.319 e. The zero-order valence-corrected chi connectivity index (χ0v) is 9.16. The van der Waals surface area contributed by atoms with Crippen LogP contribution in [-0.4, -0.2) is 13.6 Å². The number of benzene rings is 1. The normalized spacial score (nSPS) is 10.9. The Bertz CT molecular complexity index is 440. The lowest BCUT2D eigenvalue weighted by atomic mass is 10.1. The van der Waals surface area contributed by atoms with Gasteiger partial charge in [0.05, 0.1) is 11.1 Å². The topological polar surface area (TPSA) is 12.0 Å². The van der Waals surface area contributed by atoms with E-state index in [1.54, 1.807) is 7.05 Å². The molecule has 0 atom stereocenters. The van der Waals surface area contributed by atoms with Crippen LogP contribution in [0.1, 0.15) is 17.5 Å². The van der Waals surface area contributed by atoms with Gasteiger partial charge in [0, 0.05) is 13.0 Å². The van der Waals surface area contributed by atoms with E-state index in [0.29, 0.717) is 19.0 Å². The highest BCUT2D eigenvalue weighted by molar-refractivity contribution is 5.39. The van der Waals surface area contributed by atoms with Gasteiger partial charge in [-0.3, -0.25) is 0 Å². The predicted octanol–water partition coefficient (Wildman–Crippen LogP) is 2.81. The minimum Gasteiger partial charge on any atom is -0.319 e. The fourth-order valence-corrected chi connectivity index (χ4v) is 1.14. The second-order valence-electron chi connectivity index (χ2n) is 3.35. The van der Waals surface area contributed by atoms with Crippen molar-refractivity contribution in [1.29, 1.82) is 0 Å². The zero-order chi connectivity index (χ0) is 12.9. The summed E-state index contributed by atoms with van der Waals surface area (Å²) in [6.45, 7) is 0.605. The first-order valence-electron chi connectivity index (χ1n) is 4.95. The number of hydrogen-bond acceptors (Lipinski definition) is 1. The second kappa shape index (κ2) is 5.69. The average molecular weight is 245 g/mol. The molecule has 0 amide bonds. The Hall–Kier alpha value is -1.54. The molecule has 1 rings (SSSR count). The molecule has 0 aliphatic heterocycles. The second-order valence-corrected chi connectivity index (χ2v) is 3.35. The van der Waals surface area contributed by atoms with Gasteiger partial charge >= 0.3 is 6.18 Å². The van der Waals surface area contributed by atoms with Crippen LogP contribution in [0.4, 0.5) is 17.6 Å². The third-order valence-electron chi connectivity index (χ3n) is 2.02. The van der Waals surface area contributed by atoms with E-state index in [2.05, 4.69) is 17.2 Å². The molecule has 1 aromatic rings. The Morgan fingerprint density at radius 3 is 2.59 bits per heavy atom. The van der Waals surface area contributed by atoms with Crippen molar-refractivity contribution in [2.75, 3.05) is 13.6 Å². The van der Waals surface area contributed by atoms with E-state index in [1.807, 2.05) is 0 Å². The Labute approximate surface area is 96.8 Å². The van der Waals surface area contributed by atoms with Gasteiger partial charge in [-0.15, -0.1) is 0 Å². The molecule has 0 aliphatic rings. The molecule has 1 N–H and O–H groups in total. The van der Waals surface area contributed by atoms with Gasteiger partial charge < -0.3 is 5.32 Å². The summed E-state index contributed by atoms with van der Waals surface area (Å²) >= 11 is 0. The fourth-order valence-electron chi connectivity index (χ4n) is 1.14. The van der Waals surface area contributed by atoms with Crippen LogP contribution >= 0.6 is 0 Å². The zero-order valence-electron chi connectivity index (χ0n) is 9.16. The Balaban J connectivity index is 2.94. The highest BCUT2D eigenvalue weighted by Gasteiger charge is 2.30. The molecule has 1 aromatic carbocycles. The average Bonchev–Trinajstić information content (AvgIpc) is 2.25. The molecule has 0 spiro atoms. The number of hydrogen-bond donors (Lipinski definition) is 1. The van der Waals surface area contributed by atoms with Gasteiger partial charge in [-0.2, -0.15) is 13.2 Å². The van der Waals surface area contributed by atoms with Crippen LogP contribution in [0.15, 0.2) is 18.2 Å². The summed E-state index contributed by atoms with van der Waals surface area (Å²) in [6.07, 6.45) is -4.03. The first kappa shape index (κ1) is 13.5. The lowest BCUT2D eigenvalue weighted by molar-refractivity contribution is -0.137. The van der Waals surface area contributed by atoms with Gasteiger partial charge in [0.25, 0.3) is 0 Å². The molecule has 17 heavy (non-hydrogen) atoms. The van der Waals surface area contributed by atoms with Gasteiger partial charge in [-0.25, -0.2) is 4.39 Å². The van der Waals surface area contributed by atoms with E-state index in [-0.39, 0.29) is 5.56 Å². The highest BCUT2D eigenvalue weighted by atomic mass is 19.4. The molecule has 5 heteroatoms. The van der Waals surface area contributed by atoms with Crippen LogP contribution in [0.25, 0.3) is 0 Å². The Morgan fingerprint density at radius 2 is 2.00 bits per heavy atom. The van der Waals surface area contributed by atoms with Crippen molar-refractivity contribution in [3.63, 3.8) is 0 Å². The van der Waals surface area contributed by atoms with Crippen molar-refractivity contribution in [3.8, 4) is 11.8 Å². The lowest BCUT2D eigenvalue weighted by Crippen LogP contribution is -2.06. The summed E-state index contributed by atoms with van der Waals surface area (Å²) < 4.78 is 50.3. The van der Waals surface area contributed by atoms with Crippen molar-refractivity contribution in [2.45, 2.75) is 12.6 Å². The Kier molecular flexibility index (Phi) is 4.53. The molecular formula is C12H11F4N. The first-order valence-corrected chi connectivity index (χ1v) is 4.95. The Morgan fingerprint density at radius 1 is 1.29 bits per heavy atom. The van der Waals surface area contributed by atoms with Crippen molar-refractivity contribution >= 4 is 0 Å². The molecule has 0 saturated carbocycles. The summed E-state index contributed by atoms with van der Waals surface area (Å²) in [5, 5.41) is 2.83. The first-order chi connectivity index (χ1) is 7.95. The summed E-state index contributed by atoms with van der Waals surface area (Å²) in [5.74, 6) is 4.26. The number of nitrogens with one attached hydrogen (secondary N) is 1. The van der Waals surface area contributed by atoms with E-state index >= 15 is 0 Å². The lowest BCUT2D eigenvalue weighted by Gasteiger charge is -2.06. The molecule has 0 aromatic heterocycles. The van der Waals surface area contributed by atoms with Crippen LogP contribution in [0.2, 0.25) is 0 Å². The molecule has 1 nitrogen and oxygen atoms in total. The number of halogens is 4.